The summed E-state index contributed by atoms with van der Waals surface area (Å²) in [6.45, 7) is 12.7. The topological polar surface area (TPSA) is 55.1 Å². The van der Waals surface area contributed by atoms with E-state index >= 15 is 0 Å². The Morgan fingerprint density at radius 2 is 2.00 bits per heavy atom. The second-order valence-corrected chi connectivity index (χ2v) is 8.35. The second kappa shape index (κ2) is 6.72. The van der Waals surface area contributed by atoms with Gasteiger partial charge in [-0.1, -0.05) is 20.8 Å². The van der Waals surface area contributed by atoms with Gasteiger partial charge in [-0.05, 0) is 44.2 Å². The van der Waals surface area contributed by atoms with Crippen LogP contribution in [-0.2, 0) is 4.79 Å². The molecule has 1 aromatic rings. The van der Waals surface area contributed by atoms with E-state index in [1.165, 1.54) is 15.3 Å². The van der Waals surface area contributed by atoms with Gasteiger partial charge in [0, 0.05) is 22.2 Å². The van der Waals surface area contributed by atoms with Gasteiger partial charge in [-0.3, -0.25) is 4.79 Å². The normalized spacial score (nSPS) is 14.9. The Morgan fingerprint density at radius 1 is 1.40 bits per heavy atom. The van der Waals surface area contributed by atoms with Crippen LogP contribution in [-0.4, -0.2) is 11.9 Å². The Labute approximate surface area is 127 Å². The molecule has 2 unspecified atom stereocenters. The summed E-state index contributed by atoms with van der Waals surface area (Å²) < 4.78 is 0. The lowest BCUT2D eigenvalue weighted by Crippen LogP contribution is -2.35. The van der Waals surface area contributed by atoms with Crippen molar-refractivity contribution in [2.24, 2.45) is 11.1 Å². The molecule has 3 N–H and O–H groups in total. The predicted molar refractivity (Wildman–Crippen MR) is 87.0 cm³/mol. The highest BCUT2D eigenvalue weighted by atomic mass is 32.1. The molecule has 1 heterocycles. The first-order valence-corrected chi connectivity index (χ1v) is 8.02. The average molecular weight is 296 g/mol. The summed E-state index contributed by atoms with van der Waals surface area (Å²) in [5.74, 6) is 0.0394. The van der Waals surface area contributed by atoms with E-state index < -0.39 is 0 Å². The molecule has 20 heavy (non-hydrogen) atoms. The van der Waals surface area contributed by atoms with Crippen molar-refractivity contribution in [2.45, 2.75) is 66.5 Å². The van der Waals surface area contributed by atoms with E-state index in [9.17, 15) is 4.79 Å². The van der Waals surface area contributed by atoms with Crippen LogP contribution in [0.25, 0.3) is 0 Å². The van der Waals surface area contributed by atoms with E-state index in [0.717, 1.165) is 6.42 Å². The predicted octanol–water partition coefficient (Wildman–Crippen LogP) is 3.70. The molecule has 2 atom stereocenters. The minimum Gasteiger partial charge on any atom is -0.349 e. The molecular weight excluding hydrogens is 268 g/mol. The van der Waals surface area contributed by atoms with Crippen LogP contribution in [0.4, 0.5) is 0 Å². The molecule has 3 nitrogen and oxygen atoms in total. The molecule has 1 amide bonds. The summed E-state index contributed by atoms with van der Waals surface area (Å²) in [4.78, 5) is 14.6. The SMILES string of the molecule is Cc1cc(C(C)NC(=O)CC(N)CC(C)(C)C)c(C)s1. The molecular formula is C16H28N2OS. The lowest BCUT2D eigenvalue weighted by molar-refractivity contribution is -0.122. The van der Waals surface area contributed by atoms with E-state index in [1.807, 2.05) is 6.92 Å². The molecule has 0 spiro atoms. The summed E-state index contributed by atoms with van der Waals surface area (Å²) in [5, 5.41) is 3.05. The molecule has 1 aromatic heterocycles. The quantitative estimate of drug-likeness (QED) is 0.870. The van der Waals surface area contributed by atoms with Crippen molar-refractivity contribution in [1.29, 1.82) is 0 Å². The molecule has 4 heteroatoms. The maximum Gasteiger partial charge on any atom is 0.222 e. The Kier molecular flexibility index (Phi) is 5.78. The van der Waals surface area contributed by atoms with Crippen LogP contribution in [0, 0.1) is 19.3 Å². The van der Waals surface area contributed by atoms with Gasteiger partial charge in [-0.25, -0.2) is 0 Å². The zero-order valence-corrected chi connectivity index (χ0v) is 14.4. The first-order chi connectivity index (χ1) is 9.08. The van der Waals surface area contributed by atoms with Crippen molar-refractivity contribution >= 4 is 17.2 Å². The highest BCUT2D eigenvalue weighted by molar-refractivity contribution is 7.12. The molecule has 0 aromatic carbocycles. The molecule has 0 saturated heterocycles. The number of nitrogens with one attached hydrogen (secondary N) is 1. The van der Waals surface area contributed by atoms with Crippen molar-refractivity contribution in [3.63, 3.8) is 0 Å². The van der Waals surface area contributed by atoms with E-state index in [0.29, 0.717) is 6.42 Å². The zero-order valence-electron chi connectivity index (χ0n) is 13.5. The van der Waals surface area contributed by atoms with Gasteiger partial charge in [-0.2, -0.15) is 0 Å². The first-order valence-electron chi connectivity index (χ1n) is 7.20. The Morgan fingerprint density at radius 3 is 2.45 bits per heavy atom. The van der Waals surface area contributed by atoms with Crippen LogP contribution in [0.5, 0.6) is 0 Å². The molecule has 0 aliphatic rings. The van der Waals surface area contributed by atoms with E-state index in [1.54, 1.807) is 11.3 Å². The van der Waals surface area contributed by atoms with Crippen molar-refractivity contribution < 1.29 is 4.79 Å². The number of amides is 1. The molecule has 0 saturated carbocycles. The number of thiophene rings is 1. The summed E-state index contributed by atoms with van der Waals surface area (Å²) in [5.41, 5.74) is 7.42. The lowest BCUT2D eigenvalue weighted by Gasteiger charge is -2.23. The van der Waals surface area contributed by atoms with E-state index in [2.05, 4.69) is 46.0 Å². The van der Waals surface area contributed by atoms with Crippen molar-refractivity contribution in [1.82, 2.24) is 5.32 Å². The van der Waals surface area contributed by atoms with Crippen molar-refractivity contribution in [2.75, 3.05) is 0 Å². The fraction of sp³-hybridized carbons (Fsp3) is 0.688. The molecule has 0 fully saturated rings. The number of carbonyl (C=O) groups excluding carboxylic acids is 1. The summed E-state index contributed by atoms with van der Waals surface area (Å²) in [6, 6.07) is 2.13. The summed E-state index contributed by atoms with van der Waals surface area (Å²) >= 11 is 1.77. The van der Waals surface area contributed by atoms with Crippen LogP contribution in [0.15, 0.2) is 6.07 Å². The lowest BCUT2D eigenvalue weighted by atomic mass is 9.87. The Bertz CT molecular complexity index is 460. The standard InChI is InChI=1S/C16H28N2OS/c1-10-7-14(12(3)20-10)11(2)18-15(19)8-13(17)9-16(4,5)6/h7,11,13H,8-9,17H2,1-6H3,(H,18,19). The number of hydrogen-bond donors (Lipinski definition) is 2. The fourth-order valence-corrected chi connectivity index (χ4v) is 3.58. The highest BCUT2D eigenvalue weighted by Crippen LogP contribution is 2.26. The molecule has 0 aliphatic heterocycles. The third kappa shape index (κ3) is 5.63. The van der Waals surface area contributed by atoms with Gasteiger partial charge < -0.3 is 11.1 Å². The number of hydrogen-bond acceptors (Lipinski definition) is 3. The van der Waals surface area contributed by atoms with Gasteiger partial charge in [0.1, 0.15) is 0 Å². The summed E-state index contributed by atoms with van der Waals surface area (Å²) in [7, 11) is 0. The smallest absolute Gasteiger partial charge is 0.222 e. The number of rotatable bonds is 5. The Balaban J connectivity index is 2.52. The van der Waals surface area contributed by atoms with Gasteiger partial charge in [-0.15, -0.1) is 11.3 Å². The number of aryl methyl sites for hydroxylation is 2. The minimum atomic E-state index is -0.0764. The highest BCUT2D eigenvalue weighted by Gasteiger charge is 2.20. The van der Waals surface area contributed by atoms with Gasteiger partial charge in [0.05, 0.1) is 6.04 Å². The molecule has 0 radical (unpaired) electrons. The van der Waals surface area contributed by atoms with E-state index in [4.69, 9.17) is 5.73 Å². The summed E-state index contributed by atoms with van der Waals surface area (Å²) in [6.07, 6.45) is 1.25. The van der Waals surface area contributed by atoms with Crippen LogP contribution in [0.2, 0.25) is 0 Å². The van der Waals surface area contributed by atoms with Crippen molar-refractivity contribution in [3.8, 4) is 0 Å². The maximum atomic E-state index is 12.1. The monoisotopic (exact) mass is 296 g/mol. The Hall–Kier alpha value is -0.870. The van der Waals surface area contributed by atoms with Crippen molar-refractivity contribution in [3.05, 3.63) is 21.4 Å². The fourth-order valence-electron chi connectivity index (χ4n) is 2.56. The first kappa shape index (κ1) is 17.2. The van der Waals surface area contributed by atoms with Gasteiger partial charge in [0.25, 0.3) is 0 Å². The van der Waals surface area contributed by atoms with Gasteiger partial charge in [0.15, 0.2) is 0 Å². The molecule has 0 bridgehead atoms. The number of nitrogens with two attached hydrogens (primary N) is 1. The van der Waals surface area contributed by atoms with Crippen LogP contribution < -0.4 is 11.1 Å². The molecule has 0 aliphatic carbocycles. The minimum absolute atomic E-state index is 0.0394. The molecule has 1 rings (SSSR count). The number of carbonyl (C=O) groups is 1. The van der Waals surface area contributed by atoms with Crippen LogP contribution >= 0.6 is 11.3 Å². The zero-order chi connectivity index (χ0) is 15.5. The third-order valence-electron chi connectivity index (χ3n) is 3.25. The van der Waals surface area contributed by atoms with Crippen LogP contribution in [0.1, 0.15) is 61.9 Å². The van der Waals surface area contributed by atoms with Gasteiger partial charge >= 0.3 is 0 Å². The average Bonchev–Trinajstić information content (AvgIpc) is 2.54. The third-order valence-corrected chi connectivity index (χ3v) is 4.23. The van der Waals surface area contributed by atoms with E-state index in [-0.39, 0.29) is 23.4 Å². The van der Waals surface area contributed by atoms with Crippen LogP contribution in [0.3, 0.4) is 0 Å². The second-order valence-electron chi connectivity index (χ2n) is 6.89. The van der Waals surface area contributed by atoms with Gasteiger partial charge in [0.2, 0.25) is 5.91 Å². The largest absolute Gasteiger partial charge is 0.349 e. The molecule has 114 valence electrons. The maximum absolute atomic E-state index is 12.1.